The molecule has 0 spiro atoms. The summed E-state index contributed by atoms with van der Waals surface area (Å²) >= 11 is 0. The Labute approximate surface area is 102 Å². The van der Waals surface area contributed by atoms with Gasteiger partial charge in [0, 0.05) is 5.92 Å². The quantitative estimate of drug-likeness (QED) is 0.617. The van der Waals surface area contributed by atoms with Crippen molar-refractivity contribution in [3.05, 3.63) is 60.8 Å². The molecule has 3 rings (SSSR count). The largest absolute Gasteiger partial charge is 0.294 e. The van der Waals surface area contributed by atoms with Crippen molar-refractivity contribution in [1.82, 2.24) is 0 Å². The van der Waals surface area contributed by atoms with Crippen LogP contribution in [0.3, 0.4) is 0 Å². The number of rotatable bonds is 0. The highest BCUT2D eigenvalue weighted by Crippen LogP contribution is 2.38. The zero-order valence-electron chi connectivity index (χ0n) is 9.70. The summed E-state index contributed by atoms with van der Waals surface area (Å²) in [5.41, 5.74) is 0. The van der Waals surface area contributed by atoms with Gasteiger partial charge < -0.3 is 0 Å². The Morgan fingerprint density at radius 2 is 1.59 bits per heavy atom. The highest BCUT2D eigenvalue weighted by atomic mass is 16.1. The molecule has 1 nitrogen and oxygen atoms in total. The molecule has 4 atom stereocenters. The van der Waals surface area contributed by atoms with Gasteiger partial charge in [-0.25, -0.2) is 0 Å². The fourth-order valence-corrected chi connectivity index (χ4v) is 3.05. The predicted octanol–water partition coefficient (Wildman–Crippen LogP) is 3.23. The Balaban J connectivity index is 2.00. The average Bonchev–Trinajstić information content (AvgIpc) is 2.37. The number of ketones is 1. The molecule has 0 radical (unpaired) electrons. The molecule has 1 heteroatoms. The fourth-order valence-electron chi connectivity index (χ4n) is 3.05. The van der Waals surface area contributed by atoms with Gasteiger partial charge in [-0.2, -0.15) is 0 Å². The van der Waals surface area contributed by atoms with Crippen LogP contribution < -0.4 is 0 Å². The van der Waals surface area contributed by atoms with E-state index >= 15 is 0 Å². The van der Waals surface area contributed by atoms with Crippen LogP contribution in [0.5, 0.6) is 0 Å². The van der Waals surface area contributed by atoms with Crippen LogP contribution in [0.25, 0.3) is 0 Å². The van der Waals surface area contributed by atoms with Crippen LogP contribution in [0.1, 0.15) is 6.42 Å². The van der Waals surface area contributed by atoms with Crippen molar-refractivity contribution in [3.8, 4) is 0 Å². The van der Waals surface area contributed by atoms with Crippen LogP contribution in [0.4, 0.5) is 0 Å². The summed E-state index contributed by atoms with van der Waals surface area (Å²) in [5, 5.41) is 0. The highest BCUT2D eigenvalue weighted by molar-refractivity contribution is 5.93. The van der Waals surface area contributed by atoms with E-state index in [4.69, 9.17) is 0 Å². The third-order valence-electron chi connectivity index (χ3n) is 3.94. The summed E-state index contributed by atoms with van der Waals surface area (Å²) in [7, 11) is 0. The van der Waals surface area contributed by atoms with Crippen molar-refractivity contribution in [2.45, 2.75) is 6.42 Å². The van der Waals surface area contributed by atoms with Crippen LogP contribution >= 0.6 is 0 Å². The van der Waals surface area contributed by atoms with E-state index in [0.29, 0.717) is 17.8 Å². The second-order valence-electron chi connectivity index (χ2n) is 4.92. The highest BCUT2D eigenvalue weighted by Gasteiger charge is 2.34. The second-order valence-corrected chi connectivity index (χ2v) is 4.92. The molecular formula is C16H16O. The van der Waals surface area contributed by atoms with Crippen LogP contribution in [0.2, 0.25) is 0 Å². The van der Waals surface area contributed by atoms with E-state index in [9.17, 15) is 4.79 Å². The molecule has 0 aliphatic heterocycles. The minimum atomic E-state index is 0.0280. The normalized spacial score (nSPS) is 38.5. The van der Waals surface area contributed by atoms with Gasteiger partial charge in [-0.15, -0.1) is 0 Å². The molecule has 0 aromatic carbocycles. The second kappa shape index (κ2) is 4.33. The summed E-state index contributed by atoms with van der Waals surface area (Å²) in [4.78, 5) is 12.1. The molecule has 86 valence electrons. The van der Waals surface area contributed by atoms with Crippen molar-refractivity contribution >= 4 is 5.78 Å². The topological polar surface area (TPSA) is 17.1 Å². The number of carbonyl (C=O) groups excluding carboxylic acids is 1. The lowest BCUT2D eigenvalue weighted by atomic mass is 9.68. The monoisotopic (exact) mass is 224 g/mol. The first-order valence-electron chi connectivity index (χ1n) is 6.26. The Morgan fingerprint density at radius 1 is 0.882 bits per heavy atom. The van der Waals surface area contributed by atoms with Crippen LogP contribution in [0, 0.1) is 23.7 Å². The summed E-state index contributed by atoms with van der Waals surface area (Å²) in [6.07, 6.45) is 21.8. The first-order chi connectivity index (χ1) is 8.36. The van der Waals surface area contributed by atoms with Crippen LogP contribution in [-0.4, -0.2) is 5.78 Å². The Bertz CT molecular complexity index is 462. The van der Waals surface area contributed by atoms with Gasteiger partial charge in [0.25, 0.3) is 0 Å². The lowest BCUT2D eigenvalue weighted by Gasteiger charge is -2.35. The molecule has 0 saturated carbocycles. The van der Waals surface area contributed by atoms with E-state index in [1.165, 1.54) is 0 Å². The maximum Gasteiger partial charge on any atom is 0.162 e. The maximum absolute atomic E-state index is 12.1. The summed E-state index contributed by atoms with van der Waals surface area (Å²) in [5.74, 6) is 1.59. The Kier molecular flexibility index (Phi) is 2.68. The average molecular weight is 224 g/mol. The van der Waals surface area contributed by atoms with Gasteiger partial charge in [0.15, 0.2) is 5.78 Å². The predicted molar refractivity (Wildman–Crippen MR) is 69.3 cm³/mol. The number of hydrogen-bond donors (Lipinski definition) is 0. The van der Waals surface area contributed by atoms with Crippen molar-refractivity contribution in [1.29, 1.82) is 0 Å². The molecule has 0 aromatic rings. The number of carbonyl (C=O) groups is 1. The molecule has 0 N–H and O–H groups in total. The summed E-state index contributed by atoms with van der Waals surface area (Å²) in [6, 6.07) is 0. The van der Waals surface area contributed by atoms with Gasteiger partial charge in [0.05, 0.1) is 0 Å². The van der Waals surface area contributed by atoms with E-state index in [-0.39, 0.29) is 11.7 Å². The molecule has 0 heterocycles. The van der Waals surface area contributed by atoms with Crippen molar-refractivity contribution in [2.75, 3.05) is 0 Å². The minimum absolute atomic E-state index is 0.0280. The molecule has 0 aromatic heterocycles. The number of allylic oxidation sites excluding steroid dienone is 10. The van der Waals surface area contributed by atoms with Crippen LogP contribution in [-0.2, 0) is 4.79 Å². The van der Waals surface area contributed by atoms with Gasteiger partial charge in [0.1, 0.15) is 0 Å². The van der Waals surface area contributed by atoms with E-state index in [1.807, 2.05) is 18.2 Å². The van der Waals surface area contributed by atoms with Gasteiger partial charge >= 0.3 is 0 Å². The number of fused-ring (bicyclic) bond motifs is 3. The smallest absolute Gasteiger partial charge is 0.162 e. The zero-order chi connectivity index (χ0) is 11.7. The molecular weight excluding hydrogens is 208 g/mol. The van der Waals surface area contributed by atoms with Crippen molar-refractivity contribution in [2.24, 2.45) is 23.7 Å². The van der Waals surface area contributed by atoms with Gasteiger partial charge in [0.2, 0.25) is 0 Å². The van der Waals surface area contributed by atoms with Gasteiger partial charge in [-0.1, -0.05) is 54.7 Å². The molecule has 17 heavy (non-hydrogen) atoms. The molecule has 0 saturated heterocycles. The zero-order valence-corrected chi connectivity index (χ0v) is 9.70. The van der Waals surface area contributed by atoms with E-state index in [1.54, 1.807) is 6.08 Å². The SMILES string of the molecule is O=C1C=CCC2C=CC=CC2C2C=CC=CC12. The fraction of sp³-hybridized carbons (Fsp3) is 0.312. The van der Waals surface area contributed by atoms with Crippen molar-refractivity contribution < 1.29 is 4.79 Å². The summed E-state index contributed by atoms with van der Waals surface area (Å²) < 4.78 is 0. The summed E-state index contributed by atoms with van der Waals surface area (Å²) in [6.45, 7) is 0. The van der Waals surface area contributed by atoms with E-state index < -0.39 is 0 Å². The lowest BCUT2D eigenvalue weighted by molar-refractivity contribution is -0.118. The molecule has 3 aliphatic rings. The van der Waals surface area contributed by atoms with Crippen molar-refractivity contribution in [3.63, 3.8) is 0 Å². The van der Waals surface area contributed by atoms with Gasteiger partial charge in [-0.3, -0.25) is 4.79 Å². The third kappa shape index (κ3) is 1.86. The molecule has 0 amide bonds. The molecule has 3 aliphatic carbocycles. The Hall–Kier alpha value is -1.63. The Morgan fingerprint density at radius 3 is 2.47 bits per heavy atom. The minimum Gasteiger partial charge on any atom is -0.294 e. The van der Waals surface area contributed by atoms with Gasteiger partial charge in [-0.05, 0) is 30.3 Å². The number of hydrogen-bond acceptors (Lipinski definition) is 1. The first kappa shape index (κ1) is 10.5. The maximum atomic E-state index is 12.1. The van der Waals surface area contributed by atoms with E-state index in [2.05, 4.69) is 36.5 Å². The first-order valence-corrected chi connectivity index (χ1v) is 6.26. The third-order valence-corrected chi connectivity index (χ3v) is 3.94. The molecule has 4 unspecified atom stereocenters. The van der Waals surface area contributed by atoms with Crippen LogP contribution in [0.15, 0.2) is 60.8 Å². The lowest BCUT2D eigenvalue weighted by Crippen LogP contribution is -2.32. The molecule has 0 bridgehead atoms. The van der Waals surface area contributed by atoms with E-state index in [0.717, 1.165) is 6.42 Å². The standard InChI is InChI=1S/C16H16O/c17-16-11-5-7-12-6-1-2-8-13(12)14-9-3-4-10-15(14)16/h1-6,8-15H,7H2. The molecule has 0 fully saturated rings.